The van der Waals surface area contributed by atoms with Crippen molar-refractivity contribution in [2.24, 2.45) is 0 Å². The molecule has 0 saturated heterocycles. The van der Waals surface area contributed by atoms with E-state index in [1.807, 2.05) is 11.4 Å². The van der Waals surface area contributed by atoms with E-state index >= 15 is 0 Å². The number of rotatable bonds is 2. The highest BCUT2D eigenvalue weighted by Crippen LogP contribution is 2.36. The van der Waals surface area contributed by atoms with Gasteiger partial charge < -0.3 is 5.73 Å². The fraction of sp³-hybridized carbons (Fsp3) is 0. The van der Waals surface area contributed by atoms with Crippen LogP contribution in [-0.4, -0.2) is 4.98 Å². The van der Waals surface area contributed by atoms with Gasteiger partial charge in [0, 0.05) is 25.9 Å². The molecule has 108 valence electrons. The lowest BCUT2D eigenvalue weighted by atomic mass is 10.0. The van der Waals surface area contributed by atoms with Gasteiger partial charge in [-0.2, -0.15) is 5.26 Å². The molecular weight excluding hydrogens is 365 g/mol. The van der Waals surface area contributed by atoms with Crippen molar-refractivity contribution in [2.75, 3.05) is 5.73 Å². The zero-order valence-corrected chi connectivity index (χ0v) is 13.6. The molecule has 2 aromatic heterocycles. The normalized spacial score (nSPS) is 10.4. The second-order valence-electron chi connectivity index (χ2n) is 4.57. The Morgan fingerprint density at radius 1 is 1.27 bits per heavy atom. The zero-order valence-electron chi connectivity index (χ0n) is 11.2. The van der Waals surface area contributed by atoms with Crippen molar-refractivity contribution in [2.45, 2.75) is 0 Å². The van der Waals surface area contributed by atoms with E-state index in [1.54, 1.807) is 18.2 Å². The number of halogens is 2. The summed E-state index contributed by atoms with van der Waals surface area (Å²) in [7, 11) is 0. The lowest BCUT2D eigenvalue weighted by Gasteiger charge is -2.08. The molecule has 6 heteroatoms. The standard InChI is InChI=1S/C16H9BrFN3S/c17-10-5-15(22-8-10)12-6-14(21-16(20)13(12)7-19)9-2-1-3-11(18)4-9/h1-6,8H,(H2,20,21). The first-order chi connectivity index (χ1) is 10.6. The number of hydrogen-bond acceptors (Lipinski definition) is 4. The fourth-order valence-corrected chi connectivity index (χ4v) is 3.58. The van der Waals surface area contributed by atoms with Gasteiger partial charge in [-0.3, -0.25) is 0 Å². The SMILES string of the molecule is N#Cc1c(-c2cc(Br)cs2)cc(-c2cccc(F)c2)nc1N. The Morgan fingerprint density at radius 2 is 2.09 bits per heavy atom. The average Bonchev–Trinajstić information content (AvgIpc) is 2.93. The van der Waals surface area contributed by atoms with Crippen molar-refractivity contribution >= 4 is 33.1 Å². The van der Waals surface area contributed by atoms with E-state index < -0.39 is 0 Å². The van der Waals surface area contributed by atoms with Gasteiger partial charge >= 0.3 is 0 Å². The quantitative estimate of drug-likeness (QED) is 0.699. The minimum Gasteiger partial charge on any atom is -0.383 e. The zero-order chi connectivity index (χ0) is 15.7. The molecule has 0 atom stereocenters. The summed E-state index contributed by atoms with van der Waals surface area (Å²) in [6.07, 6.45) is 0. The maximum absolute atomic E-state index is 13.4. The molecule has 0 spiro atoms. The van der Waals surface area contributed by atoms with E-state index in [0.717, 1.165) is 9.35 Å². The molecule has 0 aliphatic heterocycles. The molecular formula is C16H9BrFN3S. The summed E-state index contributed by atoms with van der Waals surface area (Å²) in [6.45, 7) is 0. The van der Waals surface area contributed by atoms with Gasteiger partial charge in [0.15, 0.2) is 0 Å². The molecule has 0 aliphatic rings. The van der Waals surface area contributed by atoms with Gasteiger partial charge in [0.1, 0.15) is 23.3 Å². The van der Waals surface area contributed by atoms with Crippen molar-refractivity contribution in [1.82, 2.24) is 4.98 Å². The van der Waals surface area contributed by atoms with Crippen LogP contribution in [0.3, 0.4) is 0 Å². The molecule has 3 nitrogen and oxygen atoms in total. The van der Waals surface area contributed by atoms with Gasteiger partial charge in [-0.25, -0.2) is 9.37 Å². The van der Waals surface area contributed by atoms with Crippen LogP contribution in [0, 0.1) is 17.1 Å². The molecule has 0 unspecified atom stereocenters. The smallest absolute Gasteiger partial charge is 0.142 e. The first-order valence-electron chi connectivity index (χ1n) is 6.29. The molecule has 0 saturated carbocycles. The van der Waals surface area contributed by atoms with Crippen molar-refractivity contribution in [1.29, 1.82) is 5.26 Å². The topological polar surface area (TPSA) is 62.7 Å². The first kappa shape index (κ1) is 14.7. The summed E-state index contributed by atoms with van der Waals surface area (Å²) in [5.41, 5.74) is 8.10. The summed E-state index contributed by atoms with van der Waals surface area (Å²) in [6, 6.07) is 11.9. The van der Waals surface area contributed by atoms with E-state index in [0.29, 0.717) is 22.4 Å². The lowest BCUT2D eigenvalue weighted by Crippen LogP contribution is -1.99. The van der Waals surface area contributed by atoms with Crippen molar-refractivity contribution in [3.63, 3.8) is 0 Å². The van der Waals surface area contributed by atoms with Crippen LogP contribution in [0.5, 0.6) is 0 Å². The maximum atomic E-state index is 13.4. The molecule has 22 heavy (non-hydrogen) atoms. The van der Waals surface area contributed by atoms with Crippen LogP contribution < -0.4 is 5.73 Å². The van der Waals surface area contributed by atoms with Crippen LogP contribution in [-0.2, 0) is 0 Å². The summed E-state index contributed by atoms with van der Waals surface area (Å²) in [5.74, 6) is -0.202. The summed E-state index contributed by atoms with van der Waals surface area (Å²) in [5, 5.41) is 11.3. The molecule has 0 radical (unpaired) electrons. The van der Waals surface area contributed by atoms with Gasteiger partial charge in [-0.15, -0.1) is 11.3 Å². The van der Waals surface area contributed by atoms with E-state index in [9.17, 15) is 9.65 Å². The van der Waals surface area contributed by atoms with Crippen LogP contribution in [0.2, 0.25) is 0 Å². The second-order valence-corrected chi connectivity index (χ2v) is 6.39. The van der Waals surface area contributed by atoms with E-state index in [4.69, 9.17) is 5.73 Å². The Bertz CT molecular complexity index is 899. The highest BCUT2D eigenvalue weighted by atomic mass is 79.9. The first-order valence-corrected chi connectivity index (χ1v) is 7.96. The third kappa shape index (κ3) is 2.73. The Hall–Kier alpha value is -2.23. The van der Waals surface area contributed by atoms with Gasteiger partial charge in [0.05, 0.1) is 5.69 Å². The number of nitrogens with two attached hydrogens (primary N) is 1. The molecule has 0 fully saturated rings. The van der Waals surface area contributed by atoms with Crippen molar-refractivity contribution in [3.8, 4) is 27.8 Å². The molecule has 1 aromatic carbocycles. The second kappa shape index (κ2) is 5.87. The lowest BCUT2D eigenvalue weighted by molar-refractivity contribution is 0.628. The molecule has 0 bridgehead atoms. The number of nitriles is 1. The van der Waals surface area contributed by atoms with Crippen molar-refractivity contribution in [3.05, 3.63) is 57.6 Å². The third-order valence-corrected chi connectivity index (χ3v) is 4.84. The van der Waals surface area contributed by atoms with Crippen LogP contribution in [0.4, 0.5) is 10.2 Å². The number of hydrogen-bond donors (Lipinski definition) is 1. The summed E-state index contributed by atoms with van der Waals surface area (Å²) < 4.78 is 14.3. The number of pyridine rings is 1. The molecule has 3 aromatic rings. The number of aromatic nitrogens is 1. The number of thiophene rings is 1. The Balaban J connectivity index is 2.23. The Kier molecular flexibility index (Phi) is 3.92. The predicted octanol–water partition coefficient (Wildman–Crippen LogP) is 4.83. The van der Waals surface area contributed by atoms with Gasteiger partial charge in [0.25, 0.3) is 0 Å². The van der Waals surface area contributed by atoms with Crippen LogP contribution in [0.15, 0.2) is 46.3 Å². The van der Waals surface area contributed by atoms with Crippen LogP contribution in [0.1, 0.15) is 5.56 Å². The Morgan fingerprint density at radius 3 is 2.73 bits per heavy atom. The number of nitrogens with zero attached hydrogens (tertiary/aromatic N) is 2. The summed E-state index contributed by atoms with van der Waals surface area (Å²) >= 11 is 4.89. The van der Waals surface area contributed by atoms with Gasteiger partial charge in [0.2, 0.25) is 0 Å². The van der Waals surface area contributed by atoms with Crippen LogP contribution in [0.25, 0.3) is 21.7 Å². The highest BCUT2D eigenvalue weighted by Gasteiger charge is 2.15. The van der Waals surface area contributed by atoms with Crippen molar-refractivity contribution < 1.29 is 4.39 Å². The van der Waals surface area contributed by atoms with E-state index in [2.05, 4.69) is 27.0 Å². The monoisotopic (exact) mass is 373 g/mol. The van der Waals surface area contributed by atoms with E-state index in [-0.39, 0.29) is 11.6 Å². The minimum atomic E-state index is -0.345. The molecule has 2 heterocycles. The highest BCUT2D eigenvalue weighted by molar-refractivity contribution is 9.10. The molecule has 0 amide bonds. The third-order valence-electron chi connectivity index (χ3n) is 3.11. The van der Waals surface area contributed by atoms with Gasteiger partial charge in [-0.1, -0.05) is 12.1 Å². The average molecular weight is 374 g/mol. The summed E-state index contributed by atoms with van der Waals surface area (Å²) in [4.78, 5) is 5.13. The number of nitrogen functional groups attached to an aromatic ring is 1. The molecule has 2 N–H and O–H groups in total. The van der Waals surface area contributed by atoms with Crippen LogP contribution >= 0.6 is 27.3 Å². The largest absolute Gasteiger partial charge is 0.383 e. The number of benzene rings is 1. The molecule has 3 rings (SSSR count). The Labute approximate surface area is 139 Å². The minimum absolute atomic E-state index is 0.142. The molecule has 0 aliphatic carbocycles. The maximum Gasteiger partial charge on any atom is 0.142 e. The number of anilines is 1. The fourth-order valence-electron chi connectivity index (χ4n) is 2.13. The predicted molar refractivity (Wildman–Crippen MR) is 89.8 cm³/mol. The van der Waals surface area contributed by atoms with Gasteiger partial charge in [-0.05, 0) is 40.2 Å². The van der Waals surface area contributed by atoms with E-state index in [1.165, 1.54) is 23.5 Å².